The zero-order chi connectivity index (χ0) is 15.2. The molecule has 0 aliphatic carbocycles. The maximum absolute atomic E-state index is 11.6. The van der Waals surface area contributed by atoms with Crippen LogP contribution in [0.1, 0.15) is 31.4 Å². The molecule has 5 nitrogen and oxygen atoms in total. The summed E-state index contributed by atoms with van der Waals surface area (Å²) in [6.07, 6.45) is 5.33. The van der Waals surface area contributed by atoms with Crippen LogP contribution < -0.4 is 10.6 Å². The molecule has 2 N–H and O–H groups in total. The monoisotopic (exact) mass is 302 g/mol. The summed E-state index contributed by atoms with van der Waals surface area (Å²) in [7, 11) is 0. The Morgan fingerprint density at radius 1 is 1.36 bits per heavy atom. The molecule has 0 radical (unpaired) electrons. The minimum Gasteiger partial charge on any atom is -0.368 e. The lowest BCUT2D eigenvalue weighted by Crippen LogP contribution is -2.31. The number of piperidine rings is 1. The first kappa shape index (κ1) is 15.3. The highest BCUT2D eigenvalue weighted by molar-refractivity contribution is 5.78. The second-order valence-corrected chi connectivity index (χ2v) is 6.34. The predicted octanol–water partition coefficient (Wildman–Crippen LogP) is 1.66. The number of likely N-dealkylation sites (tertiary alicyclic amines) is 1. The van der Waals surface area contributed by atoms with Gasteiger partial charge in [-0.25, -0.2) is 4.98 Å². The van der Waals surface area contributed by atoms with Gasteiger partial charge in [0, 0.05) is 31.7 Å². The van der Waals surface area contributed by atoms with E-state index in [4.69, 9.17) is 4.98 Å². The molecule has 2 fully saturated rings. The number of nitrogens with one attached hydrogen (secondary N) is 2. The third kappa shape index (κ3) is 4.19. The topological polar surface area (TPSA) is 57.3 Å². The minimum absolute atomic E-state index is 0.285. The Kier molecular flexibility index (Phi) is 5.27. The van der Waals surface area contributed by atoms with E-state index in [1.807, 2.05) is 11.0 Å². The van der Waals surface area contributed by atoms with Gasteiger partial charge in [0.15, 0.2) is 0 Å². The summed E-state index contributed by atoms with van der Waals surface area (Å²) < 4.78 is 0. The van der Waals surface area contributed by atoms with Crippen LogP contribution in [0.15, 0.2) is 18.2 Å². The van der Waals surface area contributed by atoms with Crippen LogP contribution in [0.3, 0.4) is 0 Å². The molecule has 0 aromatic carbocycles. The fraction of sp³-hybridized carbons (Fsp3) is 0.647. The first-order valence-electron chi connectivity index (χ1n) is 8.49. The highest BCUT2D eigenvalue weighted by atomic mass is 16.2. The summed E-state index contributed by atoms with van der Waals surface area (Å²) >= 11 is 0. The lowest BCUT2D eigenvalue weighted by Gasteiger charge is -2.22. The Labute approximate surface area is 132 Å². The van der Waals surface area contributed by atoms with E-state index < -0.39 is 0 Å². The number of nitrogens with zero attached hydrogens (tertiary/aromatic N) is 2. The van der Waals surface area contributed by atoms with Crippen LogP contribution in [0.25, 0.3) is 0 Å². The van der Waals surface area contributed by atoms with Crippen molar-refractivity contribution >= 4 is 11.7 Å². The standard InChI is InChI=1S/C17H26N4O/c22-17-7-3-10-21(17)11-9-19-16-6-1-5-15(20-16)12-14-4-2-8-18-13-14/h1,5-6,14,18H,2-4,7-13H2,(H,19,20)/t14-/m1/s1. The maximum atomic E-state index is 11.6. The minimum atomic E-state index is 0.285. The van der Waals surface area contributed by atoms with Gasteiger partial charge in [0.05, 0.1) is 0 Å². The van der Waals surface area contributed by atoms with E-state index in [1.165, 1.54) is 12.8 Å². The molecule has 3 rings (SSSR count). The Balaban J connectivity index is 1.47. The molecule has 2 aliphatic rings. The molecule has 2 saturated heterocycles. The number of pyridine rings is 1. The van der Waals surface area contributed by atoms with Gasteiger partial charge < -0.3 is 15.5 Å². The first-order chi connectivity index (χ1) is 10.8. The normalized spacial score (nSPS) is 22.1. The zero-order valence-corrected chi connectivity index (χ0v) is 13.2. The van der Waals surface area contributed by atoms with Crippen LogP contribution in [0, 0.1) is 5.92 Å². The number of anilines is 1. The van der Waals surface area contributed by atoms with E-state index >= 15 is 0 Å². The largest absolute Gasteiger partial charge is 0.368 e. The van der Waals surface area contributed by atoms with Crippen molar-refractivity contribution < 1.29 is 4.79 Å². The summed E-state index contributed by atoms with van der Waals surface area (Å²) in [5.41, 5.74) is 1.16. The molecule has 0 unspecified atom stereocenters. The molecular formula is C17H26N4O. The van der Waals surface area contributed by atoms with Crippen molar-refractivity contribution in [2.45, 2.75) is 32.1 Å². The molecule has 0 spiro atoms. The number of amides is 1. The number of rotatable bonds is 6. The van der Waals surface area contributed by atoms with Crippen molar-refractivity contribution in [1.82, 2.24) is 15.2 Å². The summed E-state index contributed by atoms with van der Waals surface area (Å²) in [6.45, 7) is 4.71. The molecular weight excluding hydrogens is 276 g/mol. The summed E-state index contributed by atoms with van der Waals surface area (Å²) in [4.78, 5) is 18.2. The van der Waals surface area contributed by atoms with Gasteiger partial charge in [0.25, 0.3) is 0 Å². The van der Waals surface area contributed by atoms with Gasteiger partial charge in [-0.2, -0.15) is 0 Å². The van der Waals surface area contributed by atoms with Crippen molar-refractivity contribution in [2.75, 3.05) is 38.0 Å². The van der Waals surface area contributed by atoms with E-state index in [9.17, 15) is 4.79 Å². The Hall–Kier alpha value is -1.62. The maximum Gasteiger partial charge on any atom is 0.222 e. The van der Waals surface area contributed by atoms with Crippen LogP contribution in [0.5, 0.6) is 0 Å². The second kappa shape index (κ2) is 7.58. The molecule has 1 atom stereocenters. The van der Waals surface area contributed by atoms with Crippen LogP contribution in [-0.4, -0.2) is 48.5 Å². The van der Waals surface area contributed by atoms with Gasteiger partial charge in [0.1, 0.15) is 5.82 Å². The average molecular weight is 302 g/mol. The van der Waals surface area contributed by atoms with Gasteiger partial charge >= 0.3 is 0 Å². The molecule has 1 amide bonds. The van der Waals surface area contributed by atoms with Crippen molar-refractivity contribution in [2.24, 2.45) is 5.92 Å². The fourth-order valence-electron chi connectivity index (χ4n) is 3.35. The third-order valence-corrected chi connectivity index (χ3v) is 4.56. The highest BCUT2D eigenvalue weighted by Crippen LogP contribution is 2.16. The molecule has 0 bridgehead atoms. The fourth-order valence-corrected chi connectivity index (χ4v) is 3.35. The van der Waals surface area contributed by atoms with E-state index in [0.717, 1.165) is 57.1 Å². The average Bonchev–Trinajstić information content (AvgIpc) is 2.94. The molecule has 0 saturated carbocycles. The number of carbonyl (C=O) groups is 1. The van der Waals surface area contributed by atoms with E-state index in [1.54, 1.807) is 0 Å². The van der Waals surface area contributed by atoms with Crippen molar-refractivity contribution in [3.63, 3.8) is 0 Å². The van der Waals surface area contributed by atoms with Gasteiger partial charge in [-0.3, -0.25) is 4.79 Å². The van der Waals surface area contributed by atoms with Crippen LogP contribution >= 0.6 is 0 Å². The first-order valence-corrected chi connectivity index (χ1v) is 8.49. The summed E-state index contributed by atoms with van der Waals surface area (Å²) in [6, 6.07) is 6.19. The zero-order valence-electron chi connectivity index (χ0n) is 13.2. The number of aromatic nitrogens is 1. The van der Waals surface area contributed by atoms with Gasteiger partial charge in [0.2, 0.25) is 5.91 Å². The van der Waals surface area contributed by atoms with Crippen molar-refractivity contribution in [3.05, 3.63) is 23.9 Å². The lowest BCUT2D eigenvalue weighted by atomic mass is 9.94. The second-order valence-electron chi connectivity index (χ2n) is 6.34. The number of hydrogen-bond donors (Lipinski definition) is 2. The summed E-state index contributed by atoms with van der Waals surface area (Å²) in [5.74, 6) is 1.92. The van der Waals surface area contributed by atoms with E-state index in [2.05, 4.69) is 22.8 Å². The molecule has 1 aromatic rings. The van der Waals surface area contributed by atoms with E-state index in [0.29, 0.717) is 12.3 Å². The molecule has 1 aromatic heterocycles. The quantitative estimate of drug-likeness (QED) is 0.839. The molecule has 120 valence electrons. The smallest absolute Gasteiger partial charge is 0.222 e. The highest BCUT2D eigenvalue weighted by Gasteiger charge is 2.19. The molecule has 3 heterocycles. The van der Waals surface area contributed by atoms with Gasteiger partial charge in [-0.15, -0.1) is 0 Å². The third-order valence-electron chi connectivity index (χ3n) is 4.56. The van der Waals surface area contributed by atoms with Crippen LogP contribution in [0.4, 0.5) is 5.82 Å². The Morgan fingerprint density at radius 2 is 2.32 bits per heavy atom. The molecule has 22 heavy (non-hydrogen) atoms. The SMILES string of the molecule is O=C1CCCN1CCNc1cccc(C[C@H]2CCCNC2)n1. The molecule has 2 aliphatic heterocycles. The molecule has 5 heteroatoms. The summed E-state index contributed by atoms with van der Waals surface area (Å²) in [5, 5.41) is 6.81. The van der Waals surface area contributed by atoms with Crippen LogP contribution in [0.2, 0.25) is 0 Å². The van der Waals surface area contributed by atoms with Crippen molar-refractivity contribution in [3.8, 4) is 0 Å². The van der Waals surface area contributed by atoms with E-state index in [-0.39, 0.29) is 5.91 Å². The predicted molar refractivity (Wildman–Crippen MR) is 87.8 cm³/mol. The number of hydrogen-bond acceptors (Lipinski definition) is 4. The Morgan fingerprint density at radius 3 is 3.09 bits per heavy atom. The van der Waals surface area contributed by atoms with Gasteiger partial charge in [-0.05, 0) is 56.8 Å². The Bertz CT molecular complexity index is 499. The number of carbonyl (C=O) groups excluding carboxylic acids is 1. The van der Waals surface area contributed by atoms with Crippen molar-refractivity contribution in [1.29, 1.82) is 0 Å². The van der Waals surface area contributed by atoms with Crippen LogP contribution in [-0.2, 0) is 11.2 Å². The lowest BCUT2D eigenvalue weighted by molar-refractivity contribution is -0.127. The van der Waals surface area contributed by atoms with Gasteiger partial charge in [-0.1, -0.05) is 6.07 Å².